The molecule has 0 spiro atoms. The highest BCUT2D eigenvalue weighted by Crippen LogP contribution is 2.13. The third-order valence-electron chi connectivity index (χ3n) is 4.89. The van der Waals surface area contributed by atoms with E-state index in [1.807, 2.05) is 7.05 Å². The third kappa shape index (κ3) is 7.75. The predicted octanol–water partition coefficient (Wildman–Crippen LogP) is 2.04. The average molecular weight is 395 g/mol. The first kappa shape index (κ1) is 22.6. The van der Waals surface area contributed by atoms with Gasteiger partial charge in [-0.2, -0.15) is 4.98 Å². The lowest BCUT2D eigenvalue weighted by Gasteiger charge is -2.35. The van der Waals surface area contributed by atoms with E-state index in [2.05, 4.69) is 58.4 Å². The fourth-order valence-electron chi connectivity index (χ4n) is 3.33. The molecule has 1 unspecified atom stereocenters. The second-order valence-corrected chi connectivity index (χ2v) is 8.12. The van der Waals surface area contributed by atoms with Crippen LogP contribution in [-0.4, -0.2) is 73.5 Å². The van der Waals surface area contributed by atoms with Crippen molar-refractivity contribution in [1.29, 1.82) is 0 Å². The first-order valence-electron chi connectivity index (χ1n) is 10.6. The van der Waals surface area contributed by atoms with E-state index in [4.69, 9.17) is 9.26 Å². The Morgan fingerprint density at radius 1 is 1.18 bits per heavy atom. The van der Waals surface area contributed by atoms with Crippen molar-refractivity contribution < 1.29 is 9.26 Å². The van der Waals surface area contributed by atoms with Crippen LogP contribution >= 0.6 is 0 Å². The summed E-state index contributed by atoms with van der Waals surface area (Å²) in [5.74, 6) is 3.28. The number of hydrogen-bond acceptors (Lipinski definition) is 6. The van der Waals surface area contributed by atoms with E-state index in [9.17, 15) is 0 Å². The highest BCUT2D eigenvalue weighted by atomic mass is 16.5. The minimum atomic E-state index is 0.295. The molecule has 1 aliphatic rings. The Balaban J connectivity index is 1.72. The second-order valence-electron chi connectivity index (χ2n) is 8.12. The molecule has 2 heterocycles. The monoisotopic (exact) mass is 394 g/mol. The van der Waals surface area contributed by atoms with Crippen LogP contribution < -0.4 is 10.6 Å². The van der Waals surface area contributed by atoms with Crippen LogP contribution in [0.3, 0.4) is 0 Å². The molecule has 28 heavy (non-hydrogen) atoms. The van der Waals surface area contributed by atoms with Crippen LogP contribution in [0.15, 0.2) is 9.52 Å². The minimum Gasteiger partial charge on any atom is -0.379 e. The molecule has 0 radical (unpaired) electrons. The number of nitrogens with zero attached hydrogens (tertiary/aromatic N) is 4. The first-order valence-corrected chi connectivity index (χ1v) is 10.6. The van der Waals surface area contributed by atoms with Gasteiger partial charge < -0.3 is 19.9 Å². The summed E-state index contributed by atoms with van der Waals surface area (Å²) in [6.07, 6.45) is 2.85. The maximum absolute atomic E-state index is 5.50. The normalized spacial score (nSPS) is 17.3. The highest BCUT2D eigenvalue weighted by molar-refractivity contribution is 5.79. The molecule has 0 aromatic carbocycles. The van der Waals surface area contributed by atoms with Gasteiger partial charge in [0.2, 0.25) is 5.89 Å². The van der Waals surface area contributed by atoms with Gasteiger partial charge in [0.05, 0.1) is 13.2 Å². The molecule has 8 heteroatoms. The van der Waals surface area contributed by atoms with Crippen LogP contribution in [0.2, 0.25) is 0 Å². The number of aromatic nitrogens is 2. The molecule has 2 N–H and O–H groups in total. The van der Waals surface area contributed by atoms with Crippen molar-refractivity contribution in [3.8, 4) is 0 Å². The molecular weight excluding hydrogens is 356 g/mol. The van der Waals surface area contributed by atoms with Gasteiger partial charge in [0.15, 0.2) is 11.8 Å². The van der Waals surface area contributed by atoms with E-state index < -0.39 is 0 Å². The molecule has 1 atom stereocenters. The Morgan fingerprint density at radius 2 is 1.93 bits per heavy atom. The Morgan fingerprint density at radius 3 is 2.54 bits per heavy atom. The van der Waals surface area contributed by atoms with Crippen LogP contribution in [0.1, 0.15) is 58.2 Å². The number of ether oxygens (including phenoxy) is 1. The van der Waals surface area contributed by atoms with Gasteiger partial charge in [-0.1, -0.05) is 32.9 Å². The van der Waals surface area contributed by atoms with Gasteiger partial charge in [-0.05, 0) is 18.8 Å². The largest absolute Gasteiger partial charge is 0.379 e. The smallest absolute Gasteiger partial charge is 0.226 e. The van der Waals surface area contributed by atoms with E-state index in [0.29, 0.717) is 23.8 Å². The number of hydrogen-bond donors (Lipinski definition) is 2. The molecular formula is C20H38N6O2. The zero-order valence-electron chi connectivity index (χ0n) is 18.2. The zero-order valence-corrected chi connectivity index (χ0v) is 18.2. The first-order chi connectivity index (χ1) is 13.5. The molecule has 0 saturated carbocycles. The highest BCUT2D eigenvalue weighted by Gasteiger charge is 2.22. The van der Waals surface area contributed by atoms with Crippen molar-refractivity contribution in [3.63, 3.8) is 0 Å². The summed E-state index contributed by atoms with van der Waals surface area (Å²) >= 11 is 0. The second kappa shape index (κ2) is 12.0. The summed E-state index contributed by atoms with van der Waals surface area (Å²) in [4.78, 5) is 11.3. The third-order valence-corrected chi connectivity index (χ3v) is 4.89. The van der Waals surface area contributed by atoms with E-state index in [0.717, 1.165) is 64.0 Å². The quantitative estimate of drug-likeness (QED) is 0.357. The molecule has 2 rings (SSSR count). The Kier molecular flexibility index (Phi) is 9.70. The summed E-state index contributed by atoms with van der Waals surface area (Å²) in [7, 11) is 1.81. The van der Waals surface area contributed by atoms with E-state index in [-0.39, 0.29) is 0 Å². The van der Waals surface area contributed by atoms with Crippen molar-refractivity contribution in [3.05, 3.63) is 11.7 Å². The molecule has 1 aromatic heterocycles. The van der Waals surface area contributed by atoms with Gasteiger partial charge in [-0.15, -0.1) is 0 Å². The zero-order chi connectivity index (χ0) is 20.4. The van der Waals surface area contributed by atoms with Crippen molar-refractivity contribution >= 4 is 5.96 Å². The molecule has 1 aromatic rings. The summed E-state index contributed by atoms with van der Waals surface area (Å²) in [5.41, 5.74) is 0. The number of morpholine rings is 1. The molecule has 1 fully saturated rings. The Labute approximate surface area is 169 Å². The number of aliphatic imine (C=N–C) groups is 1. The predicted molar refractivity (Wildman–Crippen MR) is 112 cm³/mol. The van der Waals surface area contributed by atoms with Gasteiger partial charge in [-0.25, -0.2) is 0 Å². The van der Waals surface area contributed by atoms with Gasteiger partial charge >= 0.3 is 0 Å². The number of guanidine groups is 1. The van der Waals surface area contributed by atoms with Gasteiger partial charge in [-0.3, -0.25) is 9.89 Å². The van der Waals surface area contributed by atoms with Crippen molar-refractivity contribution in [1.82, 2.24) is 25.7 Å². The van der Waals surface area contributed by atoms with E-state index in [1.54, 1.807) is 0 Å². The Hall–Kier alpha value is -1.67. The molecule has 0 bridgehead atoms. The standard InChI is InChI=1S/C20H38N6O2/c1-15(2)13-17(26-9-11-27-12-10-26)14-23-20(21-5)22-8-6-7-18-24-19(16(3)4)25-28-18/h15-17H,6-14H2,1-5H3,(H2,21,22,23). The molecule has 8 nitrogen and oxygen atoms in total. The lowest BCUT2D eigenvalue weighted by Crippen LogP contribution is -2.51. The summed E-state index contributed by atoms with van der Waals surface area (Å²) in [5, 5.41) is 10.9. The van der Waals surface area contributed by atoms with Crippen LogP contribution in [0.5, 0.6) is 0 Å². The maximum atomic E-state index is 5.50. The number of nitrogens with one attached hydrogen (secondary N) is 2. The molecule has 160 valence electrons. The fraction of sp³-hybridized carbons (Fsp3) is 0.850. The van der Waals surface area contributed by atoms with Crippen LogP contribution in [0, 0.1) is 5.92 Å². The maximum Gasteiger partial charge on any atom is 0.226 e. The lowest BCUT2D eigenvalue weighted by molar-refractivity contribution is 0.0132. The van der Waals surface area contributed by atoms with Crippen LogP contribution in [0.4, 0.5) is 0 Å². The number of rotatable bonds is 10. The van der Waals surface area contributed by atoms with Gasteiger partial charge in [0.25, 0.3) is 0 Å². The summed E-state index contributed by atoms with van der Waals surface area (Å²) in [6, 6.07) is 0.496. The lowest BCUT2D eigenvalue weighted by atomic mass is 10.0. The average Bonchev–Trinajstić information content (AvgIpc) is 3.16. The van der Waals surface area contributed by atoms with Crippen LogP contribution in [-0.2, 0) is 11.2 Å². The van der Waals surface area contributed by atoms with Crippen LogP contribution in [0.25, 0.3) is 0 Å². The molecule has 1 aliphatic heterocycles. The van der Waals surface area contributed by atoms with E-state index in [1.165, 1.54) is 6.42 Å². The Bertz CT molecular complexity index is 581. The van der Waals surface area contributed by atoms with Crippen molar-refractivity contribution in [2.75, 3.05) is 46.4 Å². The molecule has 1 saturated heterocycles. The summed E-state index contributed by atoms with van der Waals surface area (Å²) in [6.45, 7) is 14.1. The molecule has 0 amide bonds. The van der Waals surface area contributed by atoms with Gasteiger partial charge in [0.1, 0.15) is 0 Å². The van der Waals surface area contributed by atoms with Gasteiger partial charge in [0, 0.05) is 51.6 Å². The van der Waals surface area contributed by atoms with Crippen molar-refractivity contribution in [2.24, 2.45) is 10.9 Å². The summed E-state index contributed by atoms with van der Waals surface area (Å²) < 4.78 is 10.8. The molecule has 0 aliphatic carbocycles. The minimum absolute atomic E-state index is 0.295. The number of aryl methyl sites for hydroxylation is 1. The fourth-order valence-corrected chi connectivity index (χ4v) is 3.33. The topological polar surface area (TPSA) is 87.8 Å². The van der Waals surface area contributed by atoms with Crippen molar-refractivity contribution in [2.45, 2.75) is 58.9 Å². The SMILES string of the molecule is CN=C(NCCCc1nc(C(C)C)no1)NCC(CC(C)C)N1CCOCC1. The van der Waals surface area contributed by atoms with E-state index >= 15 is 0 Å².